The second kappa shape index (κ2) is 6.02. The van der Waals surface area contributed by atoms with Crippen LogP contribution in [0.25, 0.3) is 0 Å². The van der Waals surface area contributed by atoms with E-state index in [1.807, 2.05) is 20.3 Å². The molecule has 2 aromatic rings. The van der Waals surface area contributed by atoms with Crippen molar-refractivity contribution < 1.29 is 0 Å². The van der Waals surface area contributed by atoms with Crippen molar-refractivity contribution >= 4 is 11.8 Å². The number of rotatable bonds is 5. The Kier molecular flexibility index (Phi) is 4.38. The minimum absolute atomic E-state index is 0.393. The van der Waals surface area contributed by atoms with Gasteiger partial charge in [-0.25, -0.2) is 0 Å². The zero-order valence-electron chi connectivity index (χ0n) is 10.9. The van der Waals surface area contributed by atoms with Crippen LogP contribution in [0.1, 0.15) is 24.2 Å². The Morgan fingerprint density at radius 3 is 2.61 bits per heavy atom. The van der Waals surface area contributed by atoms with Crippen LogP contribution in [0.4, 0.5) is 0 Å². The molecule has 96 valence electrons. The Bertz CT molecular complexity index is 492. The van der Waals surface area contributed by atoms with Gasteiger partial charge < -0.3 is 5.32 Å². The smallest absolute Gasteiger partial charge is 0.0929 e. The lowest BCUT2D eigenvalue weighted by Gasteiger charge is -2.10. The molecule has 0 fully saturated rings. The number of thioether (sulfide) groups is 1. The van der Waals surface area contributed by atoms with Crippen molar-refractivity contribution in [1.29, 1.82) is 0 Å². The molecule has 0 saturated carbocycles. The number of nitrogens with zero attached hydrogens (tertiary/aromatic N) is 3. The lowest BCUT2D eigenvalue weighted by atomic mass is 10.1. The minimum Gasteiger partial charge on any atom is -0.313 e. The van der Waals surface area contributed by atoms with Crippen molar-refractivity contribution in [2.45, 2.75) is 23.6 Å². The molecule has 1 aromatic carbocycles. The van der Waals surface area contributed by atoms with Gasteiger partial charge in [-0.1, -0.05) is 17.3 Å². The average Bonchev–Trinajstić information content (AvgIpc) is 2.82. The Balaban J connectivity index is 1.94. The van der Waals surface area contributed by atoms with E-state index in [4.69, 9.17) is 0 Å². The first-order valence-electron chi connectivity index (χ1n) is 5.94. The highest BCUT2D eigenvalue weighted by Gasteiger charge is 2.03. The van der Waals surface area contributed by atoms with E-state index in [0.29, 0.717) is 6.04 Å². The van der Waals surface area contributed by atoms with Gasteiger partial charge in [-0.3, -0.25) is 4.68 Å². The highest BCUT2D eigenvalue weighted by atomic mass is 32.2. The van der Waals surface area contributed by atoms with Gasteiger partial charge in [0.15, 0.2) is 0 Å². The van der Waals surface area contributed by atoms with Crippen molar-refractivity contribution in [2.75, 3.05) is 7.05 Å². The molecule has 0 radical (unpaired) electrons. The van der Waals surface area contributed by atoms with Crippen molar-refractivity contribution in [2.24, 2.45) is 7.05 Å². The van der Waals surface area contributed by atoms with Crippen molar-refractivity contribution in [3.05, 3.63) is 41.7 Å². The van der Waals surface area contributed by atoms with Crippen LogP contribution in [-0.2, 0) is 12.8 Å². The summed E-state index contributed by atoms with van der Waals surface area (Å²) < 4.78 is 1.73. The monoisotopic (exact) mass is 262 g/mol. The van der Waals surface area contributed by atoms with E-state index in [9.17, 15) is 0 Å². The van der Waals surface area contributed by atoms with E-state index >= 15 is 0 Å². The third-order valence-electron chi connectivity index (χ3n) is 2.85. The largest absolute Gasteiger partial charge is 0.313 e. The molecule has 0 saturated heterocycles. The van der Waals surface area contributed by atoms with Crippen LogP contribution in [0.2, 0.25) is 0 Å². The van der Waals surface area contributed by atoms with Crippen molar-refractivity contribution in [3.63, 3.8) is 0 Å². The van der Waals surface area contributed by atoms with Crippen LogP contribution in [0.5, 0.6) is 0 Å². The van der Waals surface area contributed by atoms with Gasteiger partial charge in [-0.2, -0.15) is 0 Å². The van der Waals surface area contributed by atoms with Gasteiger partial charge in [-0.05, 0) is 31.7 Å². The van der Waals surface area contributed by atoms with Gasteiger partial charge in [0, 0.05) is 29.9 Å². The van der Waals surface area contributed by atoms with E-state index in [-0.39, 0.29) is 0 Å². The SMILES string of the molecule is CNC(C)c1ccc(SCc2cn(C)nn2)cc1. The predicted octanol–water partition coefficient (Wildman–Crippen LogP) is 2.39. The Morgan fingerprint density at radius 1 is 1.33 bits per heavy atom. The van der Waals surface area contributed by atoms with Crippen LogP contribution in [-0.4, -0.2) is 22.0 Å². The maximum atomic E-state index is 4.07. The highest BCUT2D eigenvalue weighted by Crippen LogP contribution is 2.23. The molecule has 0 bridgehead atoms. The summed E-state index contributed by atoms with van der Waals surface area (Å²) in [6, 6.07) is 9.04. The second-order valence-electron chi connectivity index (χ2n) is 4.25. The van der Waals surface area contributed by atoms with Gasteiger partial charge in [0.25, 0.3) is 0 Å². The summed E-state index contributed by atoms with van der Waals surface area (Å²) in [4.78, 5) is 1.26. The fraction of sp³-hybridized carbons (Fsp3) is 0.385. The molecule has 1 atom stereocenters. The molecule has 0 aliphatic carbocycles. The average molecular weight is 262 g/mol. The van der Waals surface area contributed by atoms with Gasteiger partial charge in [-0.15, -0.1) is 16.9 Å². The molecule has 0 aliphatic heterocycles. The van der Waals surface area contributed by atoms with E-state index < -0.39 is 0 Å². The summed E-state index contributed by atoms with van der Waals surface area (Å²) in [5.41, 5.74) is 2.32. The van der Waals surface area contributed by atoms with E-state index in [0.717, 1.165) is 11.4 Å². The lowest BCUT2D eigenvalue weighted by molar-refractivity contribution is 0.652. The third-order valence-corrected chi connectivity index (χ3v) is 3.90. The summed E-state index contributed by atoms with van der Waals surface area (Å²) in [6.07, 6.45) is 1.95. The van der Waals surface area contributed by atoms with Crippen molar-refractivity contribution in [3.8, 4) is 0 Å². The van der Waals surface area contributed by atoms with Crippen LogP contribution in [0, 0.1) is 0 Å². The normalized spacial score (nSPS) is 12.6. The van der Waals surface area contributed by atoms with Gasteiger partial charge >= 0.3 is 0 Å². The van der Waals surface area contributed by atoms with E-state index in [1.54, 1.807) is 16.4 Å². The fourth-order valence-electron chi connectivity index (χ4n) is 1.64. The molecule has 0 spiro atoms. The molecular formula is C13H18N4S. The number of nitrogens with one attached hydrogen (secondary N) is 1. The molecule has 1 aromatic heterocycles. The first kappa shape index (κ1) is 13.1. The van der Waals surface area contributed by atoms with E-state index in [2.05, 4.69) is 46.8 Å². The summed E-state index contributed by atoms with van der Waals surface area (Å²) >= 11 is 1.78. The molecular weight excluding hydrogens is 244 g/mol. The van der Waals surface area contributed by atoms with Gasteiger partial charge in [0.05, 0.1) is 5.69 Å². The maximum absolute atomic E-state index is 4.07. The van der Waals surface area contributed by atoms with Crippen LogP contribution in [0.15, 0.2) is 35.4 Å². The summed E-state index contributed by atoms with van der Waals surface area (Å²) in [5.74, 6) is 0.856. The zero-order valence-corrected chi connectivity index (χ0v) is 11.7. The maximum Gasteiger partial charge on any atom is 0.0929 e. The number of hydrogen-bond donors (Lipinski definition) is 1. The van der Waals surface area contributed by atoms with Gasteiger partial charge in [0.1, 0.15) is 0 Å². The van der Waals surface area contributed by atoms with E-state index in [1.165, 1.54) is 10.5 Å². The summed E-state index contributed by atoms with van der Waals surface area (Å²) in [5, 5.41) is 11.2. The Hall–Kier alpha value is -1.33. The second-order valence-corrected chi connectivity index (χ2v) is 5.30. The standard InChI is InChI=1S/C13H18N4S/c1-10(14-2)11-4-6-13(7-5-11)18-9-12-8-17(3)16-15-12/h4-8,10,14H,9H2,1-3H3. The van der Waals surface area contributed by atoms with Crippen LogP contribution < -0.4 is 5.32 Å². The molecule has 5 heteroatoms. The molecule has 2 rings (SSSR count). The van der Waals surface area contributed by atoms with Crippen LogP contribution in [0.3, 0.4) is 0 Å². The highest BCUT2D eigenvalue weighted by molar-refractivity contribution is 7.98. The zero-order chi connectivity index (χ0) is 13.0. The number of hydrogen-bond acceptors (Lipinski definition) is 4. The van der Waals surface area contributed by atoms with Gasteiger partial charge in [0.2, 0.25) is 0 Å². The molecule has 4 nitrogen and oxygen atoms in total. The molecule has 0 aliphatic rings. The molecule has 0 amide bonds. The summed E-state index contributed by atoms with van der Waals surface area (Å²) in [6.45, 7) is 2.15. The number of aromatic nitrogens is 3. The molecule has 1 heterocycles. The number of aryl methyl sites for hydroxylation is 1. The first-order chi connectivity index (χ1) is 8.69. The topological polar surface area (TPSA) is 42.7 Å². The summed E-state index contributed by atoms with van der Waals surface area (Å²) in [7, 11) is 3.86. The molecule has 18 heavy (non-hydrogen) atoms. The van der Waals surface area contributed by atoms with Crippen molar-refractivity contribution in [1.82, 2.24) is 20.3 Å². The quantitative estimate of drug-likeness (QED) is 0.840. The minimum atomic E-state index is 0.393. The molecule has 1 unspecified atom stereocenters. The Morgan fingerprint density at radius 2 is 2.06 bits per heavy atom. The van der Waals surface area contributed by atoms with Crippen LogP contribution >= 0.6 is 11.8 Å². The lowest BCUT2D eigenvalue weighted by Crippen LogP contribution is -2.11. The Labute approximate surface area is 112 Å². The predicted molar refractivity (Wildman–Crippen MR) is 74.5 cm³/mol. The molecule has 1 N–H and O–H groups in total. The first-order valence-corrected chi connectivity index (χ1v) is 6.93. The fourth-order valence-corrected chi connectivity index (χ4v) is 2.41. The third kappa shape index (κ3) is 3.34. The number of benzene rings is 1.